The Morgan fingerprint density at radius 2 is 2.14 bits per heavy atom. The third-order valence-corrected chi connectivity index (χ3v) is 3.12. The summed E-state index contributed by atoms with van der Waals surface area (Å²) in [6, 6.07) is 2.53. The summed E-state index contributed by atoms with van der Waals surface area (Å²) in [6.45, 7) is 3.39. The third-order valence-electron chi connectivity index (χ3n) is 2.78. The van der Waals surface area contributed by atoms with Crippen LogP contribution < -0.4 is 5.32 Å². The summed E-state index contributed by atoms with van der Waals surface area (Å²) >= 11 is 6.03. The highest BCUT2D eigenvalue weighted by Gasteiger charge is 2.33. The fourth-order valence-corrected chi connectivity index (χ4v) is 1.90. The quantitative estimate of drug-likeness (QED) is 0.859. The second-order valence-corrected chi connectivity index (χ2v) is 4.86. The van der Waals surface area contributed by atoms with Gasteiger partial charge in [-0.1, -0.05) is 18.5 Å². The van der Waals surface area contributed by atoms with Crippen molar-refractivity contribution in [1.82, 2.24) is 20.1 Å². The van der Waals surface area contributed by atoms with Crippen LogP contribution in [-0.4, -0.2) is 21.3 Å². The maximum absolute atomic E-state index is 12.5. The number of nitrogens with zero attached hydrogens (tertiary/aromatic N) is 3. The summed E-state index contributed by atoms with van der Waals surface area (Å²) in [7, 11) is 0. The second kappa shape index (κ2) is 6.44. The predicted octanol–water partition coefficient (Wildman–Crippen LogP) is 3.44. The average molecular weight is 319 g/mol. The van der Waals surface area contributed by atoms with Crippen LogP contribution in [0.1, 0.15) is 24.6 Å². The Kier molecular flexibility index (Phi) is 4.84. The Balaban J connectivity index is 2.24. The van der Waals surface area contributed by atoms with Crippen molar-refractivity contribution in [2.45, 2.75) is 26.1 Å². The number of nitrogens with one attached hydrogen (secondary N) is 1. The van der Waals surface area contributed by atoms with Crippen molar-refractivity contribution in [2.24, 2.45) is 0 Å². The normalized spacial score (nSPS) is 11.9. The molecule has 114 valence electrons. The van der Waals surface area contributed by atoms with Crippen LogP contribution in [0.5, 0.6) is 0 Å². The van der Waals surface area contributed by atoms with E-state index < -0.39 is 11.9 Å². The van der Waals surface area contributed by atoms with Gasteiger partial charge in [0, 0.05) is 18.9 Å². The molecule has 21 heavy (non-hydrogen) atoms. The fraction of sp³-hybridized carbons (Fsp3) is 0.385. The fourth-order valence-electron chi connectivity index (χ4n) is 1.73. The molecule has 0 spiro atoms. The maximum Gasteiger partial charge on any atom is 0.435 e. The lowest BCUT2D eigenvalue weighted by molar-refractivity contribution is -0.141. The Labute approximate surface area is 124 Å². The van der Waals surface area contributed by atoms with Gasteiger partial charge in [0.15, 0.2) is 11.5 Å². The van der Waals surface area contributed by atoms with Gasteiger partial charge in [0.05, 0.1) is 5.02 Å². The first-order valence-corrected chi connectivity index (χ1v) is 6.78. The third kappa shape index (κ3) is 3.95. The molecule has 8 heteroatoms. The monoisotopic (exact) mass is 318 g/mol. The summed E-state index contributed by atoms with van der Waals surface area (Å²) in [5.41, 5.74) is -0.191. The topological polar surface area (TPSA) is 42.7 Å². The van der Waals surface area contributed by atoms with Crippen LogP contribution >= 0.6 is 11.6 Å². The van der Waals surface area contributed by atoms with Crippen LogP contribution in [0.3, 0.4) is 0 Å². The van der Waals surface area contributed by atoms with E-state index in [1.54, 1.807) is 6.07 Å². The first-order chi connectivity index (χ1) is 9.91. The summed E-state index contributed by atoms with van der Waals surface area (Å²) in [4.78, 5) is 4.01. The van der Waals surface area contributed by atoms with Gasteiger partial charge in [-0.3, -0.25) is 0 Å². The van der Waals surface area contributed by atoms with Crippen molar-refractivity contribution in [2.75, 3.05) is 6.54 Å². The molecule has 4 nitrogen and oxygen atoms in total. The number of hydrogen-bond donors (Lipinski definition) is 1. The van der Waals surface area contributed by atoms with Gasteiger partial charge in [0.2, 0.25) is 0 Å². The molecular weight excluding hydrogens is 305 g/mol. The Morgan fingerprint density at radius 1 is 1.38 bits per heavy atom. The number of alkyl halides is 3. The molecule has 0 aliphatic carbocycles. The zero-order valence-electron chi connectivity index (χ0n) is 11.3. The molecular formula is C13H14ClF3N4. The predicted molar refractivity (Wildman–Crippen MR) is 73.4 cm³/mol. The summed E-state index contributed by atoms with van der Waals surface area (Å²) in [6.07, 6.45) is -0.857. The number of aromatic nitrogens is 3. The number of pyridine rings is 1. The van der Waals surface area contributed by atoms with Crippen LogP contribution in [0.4, 0.5) is 13.2 Å². The van der Waals surface area contributed by atoms with E-state index in [-0.39, 0.29) is 0 Å². The molecule has 0 bridgehead atoms. The van der Waals surface area contributed by atoms with E-state index in [1.807, 2.05) is 6.92 Å². The first-order valence-electron chi connectivity index (χ1n) is 6.40. The highest BCUT2D eigenvalue weighted by atomic mass is 35.5. The summed E-state index contributed by atoms with van der Waals surface area (Å²) in [5, 5.41) is 7.13. The lowest BCUT2D eigenvalue weighted by Gasteiger charge is -2.08. The van der Waals surface area contributed by atoms with Crippen molar-refractivity contribution in [3.05, 3.63) is 40.8 Å². The molecule has 2 heterocycles. The van der Waals surface area contributed by atoms with Gasteiger partial charge in [-0.25, -0.2) is 9.67 Å². The van der Waals surface area contributed by atoms with Crippen LogP contribution in [0.25, 0.3) is 5.82 Å². The average Bonchev–Trinajstić information content (AvgIpc) is 2.91. The van der Waals surface area contributed by atoms with Crippen molar-refractivity contribution in [3.63, 3.8) is 0 Å². The van der Waals surface area contributed by atoms with Gasteiger partial charge in [0.1, 0.15) is 0 Å². The molecule has 0 unspecified atom stereocenters. The molecule has 0 aliphatic heterocycles. The first kappa shape index (κ1) is 15.8. The highest BCUT2D eigenvalue weighted by Crippen LogP contribution is 2.28. The number of hydrogen-bond acceptors (Lipinski definition) is 3. The highest BCUT2D eigenvalue weighted by molar-refractivity contribution is 6.31. The van der Waals surface area contributed by atoms with E-state index in [0.717, 1.165) is 29.3 Å². The van der Waals surface area contributed by atoms with E-state index in [2.05, 4.69) is 15.4 Å². The summed E-state index contributed by atoms with van der Waals surface area (Å²) < 4.78 is 38.7. The molecule has 1 N–H and O–H groups in total. The lowest BCUT2D eigenvalue weighted by atomic mass is 10.2. The minimum absolute atomic E-state index is 0.295. The molecule has 0 atom stereocenters. The molecule has 0 amide bonds. The maximum atomic E-state index is 12.5. The Morgan fingerprint density at radius 3 is 2.76 bits per heavy atom. The van der Waals surface area contributed by atoms with Gasteiger partial charge < -0.3 is 5.32 Å². The minimum Gasteiger partial charge on any atom is -0.313 e. The molecule has 0 saturated heterocycles. The molecule has 0 saturated carbocycles. The van der Waals surface area contributed by atoms with Crippen LogP contribution in [0.2, 0.25) is 5.02 Å². The van der Waals surface area contributed by atoms with Crippen molar-refractivity contribution in [3.8, 4) is 5.82 Å². The number of halogens is 4. The Bertz CT molecular complexity index is 610. The second-order valence-electron chi connectivity index (χ2n) is 4.45. The van der Waals surface area contributed by atoms with Crippen molar-refractivity contribution < 1.29 is 13.2 Å². The van der Waals surface area contributed by atoms with Gasteiger partial charge in [-0.2, -0.15) is 18.3 Å². The van der Waals surface area contributed by atoms with Crippen LogP contribution in [0.15, 0.2) is 24.5 Å². The van der Waals surface area contributed by atoms with E-state index in [4.69, 9.17) is 11.6 Å². The molecule has 0 fully saturated rings. The van der Waals surface area contributed by atoms with Crippen molar-refractivity contribution >= 4 is 11.6 Å². The zero-order valence-corrected chi connectivity index (χ0v) is 12.0. The van der Waals surface area contributed by atoms with E-state index in [9.17, 15) is 13.2 Å². The molecule has 0 radical (unpaired) electrons. The number of rotatable bonds is 5. The standard InChI is InChI=1S/C13H14ClF3N4/c1-2-4-18-7-9-6-12(19-8-10(9)14)21-5-3-11(20-21)13(15,16)17/h3,5-6,8,18H,2,4,7H2,1H3. The molecule has 0 aromatic carbocycles. The molecule has 2 aromatic rings. The van der Waals surface area contributed by atoms with Gasteiger partial charge in [-0.05, 0) is 30.7 Å². The van der Waals surface area contributed by atoms with E-state index in [1.165, 1.54) is 12.4 Å². The van der Waals surface area contributed by atoms with Gasteiger partial charge in [-0.15, -0.1) is 0 Å². The van der Waals surface area contributed by atoms with E-state index in [0.29, 0.717) is 17.4 Å². The molecule has 2 rings (SSSR count). The zero-order chi connectivity index (χ0) is 15.5. The Hall–Kier alpha value is -1.60. The van der Waals surface area contributed by atoms with Gasteiger partial charge in [0.25, 0.3) is 0 Å². The van der Waals surface area contributed by atoms with Crippen molar-refractivity contribution in [1.29, 1.82) is 0 Å². The molecule has 2 aromatic heterocycles. The van der Waals surface area contributed by atoms with Crippen LogP contribution in [0, 0.1) is 0 Å². The van der Waals surface area contributed by atoms with E-state index >= 15 is 0 Å². The minimum atomic E-state index is -4.47. The molecule has 0 aliphatic rings. The largest absolute Gasteiger partial charge is 0.435 e. The smallest absolute Gasteiger partial charge is 0.313 e. The SMILES string of the molecule is CCCNCc1cc(-n2ccc(C(F)(F)F)n2)ncc1Cl. The lowest BCUT2D eigenvalue weighted by Crippen LogP contribution is -2.15. The summed E-state index contributed by atoms with van der Waals surface area (Å²) in [5.74, 6) is 0.295. The van der Waals surface area contributed by atoms with Gasteiger partial charge >= 0.3 is 6.18 Å². The van der Waals surface area contributed by atoms with Crippen LogP contribution in [-0.2, 0) is 12.7 Å².